The number of benzene rings is 2. The topological polar surface area (TPSA) is 26.0 Å². The van der Waals surface area contributed by atoms with Gasteiger partial charge in [-0.05, 0) is 24.0 Å². The molecule has 2 aromatic carbocycles. The third-order valence-electron chi connectivity index (χ3n) is 4.26. The Morgan fingerprint density at radius 3 is 2.20 bits per heavy atom. The zero-order valence-corrected chi connectivity index (χ0v) is 12.7. The molecule has 0 bridgehead atoms. The van der Waals surface area contributed by atoms with Gasteiger partial charge in [0.1, 0.15) is 0 Å². The van der Waals surface area contributed by atoms with Crippen molar-refractivity contribution in [2.24, 2.45) is 11.7 Å². The standard InChI is InChI=1S/C19H25N/c1-4-15(3)18(16-10-6-5-7-11-16)19(20)17-12-8-9-14(2)13-17/h5-13,15,18-19H,4,20H2,1-3H3. The van der Waals surface area contributed by atoms with Crippen molar-refractivity contribution in [2.45, 2.75) is 39.2 Å². The minimum atomic E-state index is 0.0484. The second kappa shape index (κ2) is 6.71. The van der Waals surface area contributed by atoms with Gasteiger partial charge < -0.3 is 5.73 Å². The molecule has 0 saturated heterocycles. The van der Waals surface area contributed by atoms with Crippen molar-refractivity contribution in [1.82, 2.24) is 0 Å². The molecule has 1 nitrogen and oxygen atoms in total. The summed E-state index contributed by atoms with van der Waals surface area (Å²) >= 11 is 0. The Kier molecular flexibility index (Phi) is 4.97. The van der Waals surface area contributed by atoms with E-state index in [1.807, 2.05) is 0 Å². The number of nitrogens with two attached hydrogens (primary N) is 1. The van der Waals surface area contributed by atoms with Crippen LogP contribution in [0.5, 0.6) is 0 Å². The molecule has 3 unspecified atom stereocenters. The molecule has 0 radical (unpaired) electrons. The summed E-state index contributed by atoms with van der Waals surface area (Å²) < 4.78 is 0. The summed E-state index contributed by atoms with van der Waals surface area (Å²) in [5.74, 6) is 0.927. The van der Waals surface area contributed by atoms with E-state index in [1.54, 1.807) is 0 Å². The highest BCUT2D eigenvalue weighted by molar-refractivity contribution is 5.30. The Bertz CT molecular complexity index is 532. The minimum absolute atomic E-state index is 0.0484. The Balaban J connectivity index is 2.36. The zero-order chi connectivity index (χ0) is 14.5. The van der Waals surface area contributed by atoms with Crippen LogP contribution < -0.4 is 5.73 Å². The molecule has 20 heavy (non-hydrogen) atoms. The van der Waals surface area contributed by atoms with Crippen molar-refractivity contribution in [1.29, 1.82) is 0 Å². The lowest BCUT2D eigenvalue weighted by Gasteiger charge is -2.30. The maximum atomic E-state index is 6.62. The number of hydrogen-bond donors (Lipinski definition) is 1. The summed E-state index contributed by atoms with van der Waals surface area (Å²) in [7, 11) is 0. The Morgan fingerprint density at radius 1 is 0.950 bits per heavy atom. The van der Waals surface area contributed by atoms with E-state index in [4.69, 9.17) is 5.73 Å². The molecule has 0 amide bonds. The van der Waals surface area contributed by atoms with E-state index in [-0.39, 0.29) is 6.04 Å². The SMILES string of the molecule is CCC(C)C(c1ccccc1)C(N)c1cccc(C)c1. The molecule has 2 N–H and O–H groups in total. The lowest BCUT2D eigenvalue weighted by Crippen LogP contribution is -2.25. The van der Waals surface area contributed by atoms with Gasteiger partial charge in [-0.15, -0.1) is 0 Å². The third kappa shape index (κ3) is 3.29. The third-order valence-corrected chi connectivity index (χ3v) is 4.26. The van der Waals surface area contributed by atoms with Crippen LogP contribution in [0.1, 0.15) is 48.9 Å². The van der Waals surface area contributed by atoms with E-state index >= 15 is 0 Å². The summed E-state index contributed by atoms with van der Waals surface area (Å²) in [6.07, 6.45) is 1.14. The van der Waals surface area contributed by atoms with Crippen molar-refractivity contribution >= 4 is 0 Å². The predicted molar refractivity (Wildman–Crippen MR) is 86.7 cm³/mol. The molecule has 0 saturated carbocycles. The minimum Gasteiger partial charge on any atom is -0.323 e. The van der Waals surface area contributed by atoms with Crippen molar-refractivity contribution in [2.75, 3.05) is 0 Å². The van der Waals surface area contributed by atoms with E-state index < -0.39 is 0 Å². The number of hydrogen-bond acceptors (Lipinski definition) is 1. The van der Waals surface area contributed by atoms with Crippen LogP contribution in [0.4, 0.5) is 0 Å². The molecule has 3 atom stereocenters. The Morgan fingerprint density at radius 2 is 1.60 bits per heavy atom. The van der Waals surface area contributed by atoms with Gasteiger partial charge >= 0.3 is 0 Å². The van der Waals surface area contributed by atoms with Crippen molar-refractivity contribution in [3.8, 4) is 0 Å². The summed E-state index contributed by atoms with van der Waals surface area (Å²) in [4.78, 5) is 0. The molecule has 0 spiro atoms. The van der Waals surface area contributed by atoms with Crippen molar-refractivity contribution < 1.29 is 0 Å². The number of rotatable bonds is 5. The molecule has 0 aromatic heterocycles. The number of aryl methyl sites for hydroxylation is 1. The molecule has 2 rings (SSSR count). The normalized spacial score (nSPS) is 15.6. The molecule has 0 aliphatic carbocycles. The van der Waals surface area contributed by atoms with Crippen LogP contribution >= 0.6 is 0 Å². The van der Waals surface area contributed by atoms with Gasteiger partial charge in [0.15, 0.2) is 0 Å². The van der Waals surface area contributed by atoms with E-state index in [1.165, 1.54) is 16.7 Å². The first-order valence-electron chi connectivity index (χ1n) is 7.50. The average molecular weight is 267 g/mol. The molecule has 2 aromatic rings. The van der Waals surface area contributed by atoms with Gasteiger partial charge in [-0.25, -0.2) is 0 Å². The zero-order valence-electron chi connectivity index (χ0n) is 12.7. The van der Waals surface area contributed by atoms with Gasteiger partial charge in [-0.2, -0.15) is 0 Å². The van der Waals surface area contributed by atoms with E-state index in [2.05, 4.69) is 75.4 Å². The van der Waals surface area contributed by atoms with Gasteiger partial charge in [0.2, 0.25) is 0 Å². The van der Waals surface area contributed by atoms with Crippen LogP contribution in [-0.4, -0.2) is 0 Å². The van der Waals surface area contributed by atoms with E-state index in [0.717, 1.165) is 6.42 Å². The highest BCUT2D eigenvalue weighted by Gasteiger charge is 2.25. The molecule has 0 heterocycles. The van der Waals surface area contributed by atoms with Crippen molar-refractivity contribution in [3.05, 3.63) is 71.3 Å². The highest BCUT2D eigenvalue weighted by Crippen LogP contribution is 2.36. The van der Waals surface area contributed by atoms with Crippen molar-refractivity contribution in [3.63, 3.8) is 0 Å². The summed E-state index contributed by atoms with van der Waals surface area (Å²) in [5.41, 5.74) is 10.5. The van der Waals surface area contributed by atoms with Gasteiger partial charge in [0.25, 0.3) is 0 Å². The van der Waals surface area contributed by atoms with Crippen LogP contribution in [0, 0.1) is 12.8 Å². The highest BCUT2D eigenvalue weighted by atomic mass is 14.7. The molecule has 0 fully saturated rings. The molecule has 0 aliphatic heterocycles. The van der Waals surface area contributed by atoms with Crippen LogP contribution in [0.3, 0.4) is 0 Å². The lowest BCUT2D eigenvalue weighted by atomic mass is 9.78. The van der Waals surface area contributed by atoms with Crippen LogP contribution in [0.25, 0.3) is 0 Å². The second-order valence-electron chi connectivity index (χ2n) is 5.76. The van der Waals surface area contributed by atoms with E-state index in [0.29, 0.717) is 11.8 Å². The van der Waals surface area contributed by atoms with Crippen LogP contribution in [0.15, 0.2) is 54.6 Å². The Labute approximate surface area is 122 Å². The first-order chi connectivity index (χ1) is 9.63. The van der Waals surface area contributed by atoms with Crippen LogP contribution in [0.2, 0.25) is 0 Å². The average Bonchev–Trinajstić information content (AvgIpc) is 2.48. The van der Waals surface area contributed by atoms with Gasteiger partial charge in [0, 0.05) is 12.0 Å². The van der Waals surface area contributed by atoms with Gasteiger partial charge in [-0.3, -0.25) is 0 Å². The summed E-state index contributed by atoms with van der Waals surface area (Å²) in [6.45, 7) is 6.66. The first-order valence-corrected chi connectivity index (χ1v) is 7.50. The largest absolute Gasteiger partial charge is 0.323 e. The first kappa shape index (κ1) is 14.8. The predicted octanol–water partition coefficient (Wildman–Crippen LogP) is 4.82. The molecular formula is C19H25N. The fourth-order valence-electron chi connectivity index (χ4n) is 2.90. The summed E-state index contributed by atoms with van der Waals surface area (Å²) in [6, 6.07) is 19.3. The molecule has 0 aliphatic rings. The monoisotopic (exact) mass is 267 g/mol. The molecular weight excluding hydrogens is 242 g/mol. The lowest BCUT2D eigenvalue weighted by molar-refractivity contribution is 0.388. The molecule has 106 valence electrons. The fourth-order valence-corrected chi connectivity index (χ4v) is 2.90. The van der Waals surface area contributed by atoms with E-state index in [9.17, 15) is 0 Å². The quantitative estimate of drug-likeness (QED) is 0.825. The maximum absolute atomic E-state index is 6.62. The molecule has 1 heteroatoms. The van der Waals surface area contributed by atoms with Gasteiger partial charge in [0.05, 0.1) is 0 Å². The maximum Gasteiger partial charge on any atom is 0.0367 e. The smallest absolute Gasteiger partial charge is 0.0367 e. The van der Waals surface area contributed by atoms with Crippen LogP contribution in [-0.2, 0) is 0 Å². The fraction of sp³-hybridized carbons (Fsp3) is 0.368. The summed E-state index contributed by atoms with van der Waals surface area (Å²) in [5, 5.41) is 0. The second-order valence-corrected chi connectivity index (χ2v) is 5.76. The van der Waals surface area contributed by atoms with Gasteiger partial charge in [-0.1, -0.05) is 80.4 Å². The Hall–Kier alpha value is -1.60.